The molecule has 1 atom stereocenters. The maximum Gasteiger partial charge on any atom is 0.269 e. The van der Waals surface area contributed by atoms with Gasteiger partial charge in [-0.3, -0.25) is 4.79 Å². The molecule has 1 unspecified atom stereocenters. The topological polar surface area (TPSA) is 54.5 Å². The zero-order chi connectivity index (χ0) is 19.7. The molecule has 0 saturated carbocycles. The first-order valence-corrected chi connectivity index (χ1v) is 11.3. The summed E-state index contributed by atoms with van der Waals surface area (Å²) in [4.78, 5) is 14.4. The van der Waals surface area contributed by atoms with Crippen LogP contribution >= 0.6 is 11.8 Å². The van der Waals surface area contributed by atoms with Crippen molar-refractivity contribution in [3.63, 3.8) is 0 Å². The molecule has 3 aromatic carbocycles. The Hall–Kier alpha value is -2.57. The fraction of sp³-hybridized carbons (Fsp3) is 0.136. The number of thioether (sulfide) groups is 1. The first-order valence-electron chi connectivity index (χ1n) is 8.91. The third-order valence-corrected chi connectivity index (χ3v) is 7.72. The molecule has 3 aromatic rings. The highest BCUT2D eigenvalue weighted by atomic mass is 32.2. The number of hydrogen-bond donors (Lipinski definition) is 0. The lowest BCUT2D eigenvalue weighted by Crippen LogP contribution is -2.40. The molecule has 28 heavy (non-hydrogen) atoms. The zero-order valence-corrected chi connectivity index (χ0v) is 16.9. The molecule has 4 rings (SSSR count). The third-order valence-electron chi connectivity index (χ3n) is 4.76. The maximum absolute atomic E-state index is 13.6. The summed E-state index contributed by atoms with van der Waals surface area (Å²) in [6.07, 6.45) is 0. The van der Waals surface area contributed by atoms with Gasteiger partial charge in [0, 0.05) is 10.6 Å². The maximum atomic E-state index is 13.6. The number of benzene rings is 3. The fourth-order valence-electron chi connectivity index (χ4n) is 3.27. The smallest absolute Gasteiger partial charge is 0.268 e. The summed E-state index contributed by atoms with van der Waals surface area (Å²) in [5.74, 6) is -0.0345. The summed E-state index contributed by atoms with van der Waals surface area (Å²) >= 11 is 1.51. The van der Waals surface area contributed by atoms with Crippen LogP contribution in [0.3, 0.4) is 0 Å². The van der Waals surface area contributed by atoms with Gasteiger partial charge in [0.1, 0.15) is 0 Å². The molecular weight excluding hydrogens is 390 g/mol. The molecule has 0 spiro atoms. The summed E-state index contributed by atoms with van der Waals surface area (Å²) in [5.41, 5.74) is 2.18. The lowest BCUT2D eigenvalue weighted by Gasteiger charge is -2.29. The Kier molecular flexibility index (Phi) is 5.00. The Morgan fingerprint density at radius 3 is 2.25 bits per heavy atom. The molecule has 1 aliphatic heterocycles. The van der Waals surface area contributed by atoms with E-state index in [0.717, 1.165) is 20.3 Å². The van der Waals surface area contributed by atoms with Crippen molar-refractivity contribution in [2.75, 3.05) is 5.75 Å². The first kappa shape index (κ1) is 18.8. The fourth-order valence-corrected chi connectivity index (χ4v) is 6.09. The number of nitrogens with zero attached hydrogens (tertiary/aromatic N) is 1. The van der Waals surface area contributed by atoms with Gasteiger partial charge in [-0.1, -0.05) is 60.2 Å². The second kappa shape index (κ2) is 7.45. The van der Waals surface area contributed by atoms with Gasteiger partial charge in [0.15, 0.2) is 0 Å². The summed E-state index contributed by atoms with van der Waals surface area (Å²) in [5, 5.41) is 0. The molecule has 0 aliphatic carbocycles. The quantitative estimate of drug-likeness (QED) is 0.631. The van der Waals surface area contributed by atoms with Gasteiger partial charge in [0.05, 0.1) is 16.5 Å². The Bertz CT molecular complexity index is 1110. The molecule has 142 valence electrons. The van der Waals surface area contributed by atoms with Crippen molar-refractivity contribution in [1.82, 2.24) is 4.31 Å². The largest absolute Gasteiger partial charge is 0.269 e. The van der Waals surface area contributed by atoms with Gasteiger partial charge in [-0.05, 0) is 36.8 Å². The highest BCUT2D eigenvalue weighted by molar-refractivity contribution is 7.99. The van der Waals surface area contributed by atoms with Crippen LogP contribution < -0.4 is 0 Å². The van der Waals surface area contributed by atoms with Crippen molar-refractivity contribution in [2.24, 2.45) is 0 Å². The standard InChI is InChI=1S/C22H19NO3S2/c1-16-11-13-18(14-12-16)28(25,26)23-20(17-7-3-2-4-8-17)15-27-21-10-6-5-9-19(21)22(23)24/h2-14,20H,15H2,1H3. The van der Waals surface area contributed by atoms with Gasteiger partial charge < -0.3 is 0 Å². The van der Waals surface area contributed by atoms with Crippen LogP contribution in [0.1, 0.15) is 27.5 Å². The first-order chi connectivity index (χ1) is 13.5. The van der Waals surface area contributed by atoms with Crippen LogP contribution in [-0.4, -0.2) is 24.4 Å². The highest BCUT2D eigenvalue weighted by Gasteiger charge is 2.40. The van der Waals surface area contributed by atoms with Crippen LogP contribution in [-0.2, 0) is 10.0 Å². The van der Waals surface area contributed by atoms with E-state index < -0.39 is 22.0 Å². The Morgan fingerprint density at radius 2 is 1.54 bits per heavy atom. The van der Waals surface area contributed by atoms with Crippen LogP contribution in [0, 0.1) is 6.92 Å². The summed E-state index contributed by atoms with van der Waals surface area (Å²) in [7, 11) is -4.02. The van der Waals surface area contributed by atoms with Gasteiger partial charge in [0.25, 0.3) is 15.9 Å². The molecule has 0 fully saturated rings. The summed E-state index contributed by atoms with van der Waals surface area (Å²) in [6, 6.07) is 22.5. The van der Waals surface area contributed by atoms with E-state index >= 15 is 0 Å². The van der Waals surface area contributed by atoms with E-state index in [1.165, 1.54) is 11.8 Å². The number of carbonyl (C=O) groups excluding carboxylic acids is 1. The van der Waals surface area contributed by atoms with Crippen LogP contribution in [0.25, 0.3) is 0 Å². The average Bonchev–Trinajstić information content (AvgIpc) is 2.86. The van der Waals surface area contributed by atoms with Gasteiger partial charge in [-0.25, -0.2) is 12.7 Å². The Labute approximate surface area is 169 Å². The van der Waals surface area contributed by atoms with Gasteiger partial charge in [-0.2, -0.15) is 0 Å². The predicted molar refractivity (Wildman–Crippen MR) is 111 cm³/mol. The lowest BCUT2D eigenvalue weighted by atomic mass is 10.1. The van der Waals surface area contributed by atoms with E-state index in [0.29, 0.717) is 11.3 Å². The molecule has 0 radical (unpaired) electrons. The Balaban J connectivity index is 1.89. The summed E-state index contributed by atoms with van der Waals surface area (Å²) in [6.45, 7) is 1.90. The van der Waals surface area contributed by atoms with Gasteiger partial charge >= 0.3 is 0 Å². The van der Waals surface area contributed by atoms with Crippen molar-refractivity contribution >= 4 is 27.7 Å². The molecular formula is C22H19NO3S2. The number of hydrogen-bond acceptors (Lipinski definition) is 4. The van der Waals surface area contributed by atoms with Crippen LogP contribution in [0.5, 0.6) is 0 Å². The molecule has 4 nitrogen and oxygen atoms in total. The molecule has 1 aliphatic rings. The van der Waals surface area contributed by atoms with Crippen molar-refractivity contribution in [3.8, 4) is 0 Å². The van der Waals surface area contributed by atoms with E-state index in [1.807, 2.05) is 49.4 Å². The second-order valence-electron chi connectivity index (χ2n) is 6.65. The summed E-state index contributed by atoms with van der Waals surface area (Å²) < 4.78 is 28.2. The Morgan fingerprint density at radius 1 is 0.893 bits per heavy atom. The molecule has 0 aromatic heterocycles. The number of carbonyl (C=O) groups is 1. The normalized spacial score (nSPS) is 17.1. The number of sulfonamides is 1. The number of rotatable bonds is 3. The van der Waals surface area contributed by atoms with E-state index in [2.05, 4.69) is 0 Å². The van der Waals surface area contributed by atoms with E-state index in [1.54, 1.807) is 36.4 Å². The number of aryl methyl sites for hydroxylation is 1. The third kappa shape index (κ3) is 3.34. The molecule has 6 heteroatoms. The van der Waals surface area contributed by atoms with Crippen LogP contribution in [0.2, 0.25) is 0 Å². The van der Waals surface area contributed by atoms with Crippen molar-refractivity contribution in [2.45, 2.75) is 22.8 Å². The molecule has 0 saturated heterocycles. The number of fused-ring (bicyclic) bond motifs is 1. The molecule has 0 bridgehead atoms. The number of amides is 1. The lowest BCUT2D eigenvalue weighted by molar-refractivity contribution is 0.0829. The minimum atomic E-state index is -4.02. The van der Waals surface area contributed by atoms with Gasteiger partial charge in [0.2, 0.25) is 0 Å². The van der Waals surface area contributed by atoms with E-state index in [4.69, 9.17) is 0 Å². The highest BCUT2D eigenvalue weighted by Crippen LogP contribution is 2.39. The molecule has 1 amide bonds. The monoisotopic (exact) mass is 409 g/mol. The average molecular weight is 410 g/mol. The minimum Gasteiger partial charge on any atom is -0.268 e. The van der Waals surface area contributed by atoms with E-state index in [-0.39, 0.29) is 4.90 Å². The molecule has 1 heterocycles. The van der Waals surface area contributed by atoms with Crippen molar-refractivity contribution in [3.05, 3.63) is 95.6 Å². The zero-order valence-electron chi connectivity index (χ0n) is 15.3. The van der Waals surface area contributed by atoms with Crippen LogP contribution in [0.15, 0.2) is 88.7 Å². The molecule has 0 N–H and O–H groups in total. The SMILES string of the molecule is Cc1ccc(S(=O)(=O)N2C(=O)c3ccccc3SCC2c2ccccc2)cc1. The predicted octanol–water partition coefficient (Wildman–Crippen LogP) is 4.67. The van der Waals surface area contributed by atoms with Crippen molar-refractivity contribution < 1.29 is 13.2 Å². The minimum absolute atomic E-state index is 0.122. The van der Waals surface area contributed by atoms with Crippen molar-refractivity contribution in [1.29, 1.82) is 0 Å². The van der Waals surface area contributed by atoms with Gasteiger partial charge in [-0.15, -0.1) is 11.8 Å². The van der Waals surface area contributed by atoms with E-state index in [9.17, 15) is 13.2 Å². The second-order valence-corrected chi connectivity index (χ2v) is 9.53. The van der Waals surface area contributed by atoms with Crippen LogP contribution in [0.4, 0.5) is 0 Å².